The first-order valence-corrected chi connectivity index (χ1v) is 10.4. The van der Waals surface area contributed by atoms with Crippen molar-refractivity contribution in [3.8, 4) is 0 Å². The fourth-order valence-corrected chi connectivity index (χ4v) is 4.70. The van der Waals surface area contributed by atoms with Crippen LogP contribution in [0.25, 0.3) is 0 Å². The third-order valence-corrected chi connectivity index (χ3v) is 6.65. The number of likely N-dealkylation sites (N-methyl/N-ethyl adjacent to an activating group) is 1. The first-order valence-electron chi connectivity index (χ1n) is 7.70. The second-order valence-corrected chi connectivity index (χ2v) is 8.37. The first-order chi connectivity index (χ1) is 11.4. The molecule has 0 amide bonds. The highest BCUT2D eigenvalue weighted by Gasteiger charge is 2.20. The summed E-state index contributed by atoms with van der Waals surface area (Å²) in [6.07, 6.45) is 0.747. The fraction of sp³-hybridized carbons (Fsp3) is 0.467. The van der Waals surface area contributed by atoms with Gasteiger partial charge in [-0.25, -0.2) is 8.42 Å². The maximum Gasteiger partial charge on any atom is 0.264 e. The molecule has 0 unspecified atom stereocenters. The molecule has 0 spiro atoms. The van der Waals surface area contributed by atoms with E-state index in [0.29, 0.717) is 10.6 Å². The highest BCUT2D eigenvalue weighted by Crippen LogP contribution is 2.26. The predicted molar refractivity (Wildman–Crippen MR) is 98.4 cm³/mol. The Morgan fingerprint density at radius 3 is 2.62 bits per heavy atom. The van der Waals surface area contributed by atoms with E-state index in [-0.39, 0.29) is 10.0 Å². The van der Waals surface area contributed by atoms with E-state index in [1.54, 1.807) is 19.1 Å². The predicted octanol–water partition coefficient (Wildman–Crippen LogP) is 3.19. The van der Waals surface area contributed by atoms with Crippen molar-refractivity contribution < 1.29 is 8.42 Å². The number of aromatic nitrogens is 2. The lowest BCUT2D eigenvalue weighted by Gasteiger charge is -2.16. The number of sulfonamides is 1. The standard InChI is InChI=1S/C15H21ClN4O2S2/c1-4-20(5-2)10-9-14-17-18-15(23-14)19-24(21,22)13-8-6-7-12(16)11(13)3/h6-8H,4-5,9-10H2,1-3H3,(H,18,19). The minimum Gasteiger partial charge on any atom is -0.303 e. The Hall–Kier alpha value is -1.22. The summed E-state index contributed by atoms with van der Waals surface area (Å²) in [5.74, 6) is 0. The van der Waals surface area contributed by atoms with Gasteiger partial charge in [-0.05, 0) is 37.7 Å². The van der Waals surface area contributed by atoms with Crippen LogP contribution in [0.4, 0.5) is 5.13 Å². The van der Waals surface area contributed by atoms with Gasteiger partial charge in [0.2, 0.25) is 5.13 Å². The van der Waals surface area contributed by atoms with Gasteiger partial charge in [0, 0.05) is 18.0 Å². The highest BCUT2D eigenvalue weighted by molar-refractivity contribution is 7.93. The van der Waals surface area contributed by atoms with Crippen LogP contribution in [-0.2, 0) is 16.4 Å². The molecule has 1 aromatic heterocycles. The molecule has 0 aliphatic heterocycles. The number of anilines is 1. The lowest BCUT2D eigenvalue weighted by Crippen LogP contribution is -2.25. The van der Waals surface area contributed by atoms with Gasteiger partial charge in [-0.2, -0.15) is 0 Å². The van der Waals surface area contributed by atoms with Crippen LogP contribution in [0.2, 0.25) is 5.02 Å². The topological polar surface area (TPSA) is 75.2 Å². The minimum atomic E-state index is -3.73. The third-order valence-electron chi connectivity index (χ3n) is 3.73. The molecule has 1 N–H and O–H groups in total. The molecular weight excluding hydrogens is 368 g/mol. The number of benzene rings is 1. The molecule has 0 aliphatic rings. The molecule has 24 heavy (non-hydrogen) atoms. The fourth-order valence-electron chi connectivity index (χ4n) is 2.24. The van der Waals surface area contributed by atoms with Crippen LogP contribution in [0.1, 0.15) is 24.4 Å². The molecule has 0 bridgehead atoms. The van der Waals surface area contributed by atoms with Gasteiger partial charge in [-0.1, -0.05) is 42.9 Å². The van der Waals surface area contributed by atoms with Gasteiger partial charge in [0.05, 0.1) is 4.90 Å². The van der Waals surface area contributed by atoms with Gasteiger partial charge >= 0.3 is 0 Å². The molecule has 132 valence electrons. The van der Waals surface area contributed by atoms with Crippen LogP contribution >= 0.6 is 22.9 Å². The second-order valence-electron chi connectivity index (χ2n) is 5.25. The molecule has 0 saturated carbocycles. The molecule has 2 aromatic rings. The summed E-state index contributed by atoms with van der Waals surface area (Å²) < 4.78 is 27.5. The maximum absolute atomic E-state index is 12.5. The van der Waals surface area contributed by atoms with Crippen molar-refractivity contribution in [3.63, 3.8) is 0 Å². The Bertz CT molecular complexity index is 789. The molecule has 6 nitrogen and oxygen atoms in total. The summed E-state index contributed by atoms with van der Waals surface area (Å²) in [7, 11) is -3.73. The van der Waals surface area contributed by atoms with Crippen molar-refractivity contribution in [1.29, 1.82) is 0 Å². The summed E-state index contributed by atoms with van der Waals surface area (Å²) >= 11 is 7.26. The van der Waals surface area contributed by atoms with E-state index in [9.17, 15) is 8.42 Å². The Balaban J connectivity index is 2.10. The van der Waals surface area contributed by atoms with Crippen LogP contribution in [0.15, 0.2) is 23.1 Å². The molecular formula is C15H21ClN4O2S2. The molecule has 0 fully saturated rings. The number of hydrogen-bond donors (Lipinski definition) is 1. The monoisotopic (exact) mass is 388 g/mol. The van der Waals surface area contributed by atoms with Crippen molar-refractivity contribution in [2.75, 3.05) is 24.4 Å². The smallest absolute Gasteiger partial charge is 0.264 e. The van der Waals surface area contributed by atoms with Crippen molar-refractivity contribution in [1.82, 2.24) is 15.1 Å². The maximum atomic E-state index is 12.5. The molecule has 2 rings (SSSR count). The van der Waals surface area contributed by atoms with Crippen LogP contribution in [0.3, 0.4) is 0 Å². The van der Waals surface area contributed by atoms with Gasteiger partial charge in [0.15, 0.2) is 0 Å². The molecule has 0 saturated heterocycles. The molecule has 0 atom stereocenters. The van der Waals surface area contributed by atoms with E-state index in [2.05, 4.69) is 33.7 Å². The van der Waals surface area contributed by atoms with Gasteiger partial charge in [0.1, 0.15) is 5.01 Å². The molecule has 1 aromatic carbocycles. The van der Waals surface area contributed by atoms with Gasteiger partial charge < -0.3 is 4.90 Å². The Kier molecular flexibility index (Phi) is 6.56. The number of nitrogens with one attached hydrogen (secondary N) is 1. The largest absolute Gasteiger partial charge is 0.303 e. The zero-order chi connectivity index (χ0) is 17.7. The van der Waals surface area contributed by atoms with Crippen molar-refractivity contribution in [3.05, 3.63) is 33.8 Å². The lowest BCUT2D eigenvalue weighted by molar-refractivity contribution is 0.307. The Morgan fingerprint density at radius 1 is 1.25 bits per heavy atom. The Morgan fingerprint density at radius 2 is 1.96 bits per heavy atom. The van der Waals surface area contributed by atoms with Crippen LogP contribution in [0.5, 0.6) is 0 Å². The quantitative estimate of drug-likeness (QED) is 0.751. The number of nitrogens with zero attached hydrogens (tertiary/aromatic N) is 3. The average molecular weight is 389 g/mol. The number of hydrogen-bond acceptors (Lipinski definition) is 6. The summed E-state index contributed by atoms with van der Waals surface area (Å²) in [6, 6.07) is 4.79. The normalized spacial score (nSPS) is 11.9. The molecule has 9 heteroatoms. The Labute approximate surface area is 151 Å². The summed E-state index contributed by atoms with van der Waals surface area (Å²) in [5.41, 5.74) is 0.512. The summed E-state index contributed by atoms with van der Waals surface area (Å²) in [5, 5.41) is 9.49. The van der Waals surface area contributed by atoms with Gasteiger partial charge in [-0.3, -0.25) is 4.72 Å². The second kappa shape index (κ2) is 8.24. The lowest BCUT2D eigenvalue weighted by atomic mass is 10.2. The van der Waals surface area contributed by atoms with E-state index in [4.69, 9.17) is 11.6 Å². The van der Waals surface area contributed by atoms with Gasteiger partial charge in [-0.15, -0.1) is 10.2 Å². The van der Waals surface area contributed by atoms with E-state index < -0.39 is 10.0 Å². The molecule has 1 heterocycles. The van der Waals surface area contributed by atoms with E-state index in [0.717, 1.165) is 31.1 Å². The third kappa shape index (κ3) is 4.66. The van der Waals surface area contributed by atoms with Crippen molar-refractivity contribution in [2.45, 2.75) is 32.1 Å². The average Bonchev–Trinajstić information content (AvgIpc) is 2.97. The molecule has 0 radical (unpaired) electrons. The van der Waals surface area contributed by atoms with Crippen molar-refractivity contribution >= 4 is 38.1 Å². The van der Waals surface area contributed by atoms with Crippen LogP contribution < -0.4 is 4.72 Å². The van der Waals surface area contributed by atoms with Crippen LogP contribution in [-0.4, -0.2) is 43.1 Å². The zero-order valence-corrected chi connectivity index (χ0v) is 16.3. The van der Waals surface area contributed by atoms with Crippen molar-refractivity contribution in [2.24, 2.45) is 0 Å². The van der Waals surface area contributed by atoms with E-state index in [1.807, 2.05) is 0 Å². The van der Waals surface area contributed by atoms with Crippen LogP contribution in [0, 0.1) is 6.92 Å². The highest BCUT2D eigenvalue weighted by atomic mass is 35.5. The summed E-state index contributed by atoms with van der Waals surface area (Å²) in [6.45, 7) is 8.72. The summed E-state index contributed by atoms with van der Waals surface area (Å²) in [4.78, 5) is 2.43. The first kappa shape index (κ1) is 19.1. The number of rotatable bonds is 8. The van der Waals surface area contributed by atoms with E-state index in [1.165, 1.54) is 17.4 Å². The van der Waals surface area contributed by atoms with E-state index >= 15 is 0 Å². The zero-order valence-electron chi connectivity index (χ0n) is 13.9. The SMILES string of the molecule is CCN(CC)CCc1nnc(NS(=O)(=O)c2cccc(Cl)c2C)s1. The molecule has 0 aliphatic carbocycles. The van der Waals surface area contributed by atoms with Gasteiger partial charge in [0.25, 0.3) is 10.0 Å². The number of halogens is 1. The minimum absolute atomic E-state index is 0.148.